The summed E-state index contributed by atoms with van der Waals surface area (Å²) in [6.45, 7) is 3.71. The first-order valence-corrected chi connectivity index (χ1v) is 14.0. The lowest BCUT2D eigenvalue weighted by atomic mass is 10.0. The number of carbonyl (C=O) groups excluding carboxylic acids is 1. The molecule has 0 saturated carbocycles. The minimum Gasteiger partial charge on any atom is -0.361 e. The first kappa shape index (κ1) is 24.1. The Labute approximate surface area is 213 Å². The van der Waals surface area contributed by atoms with Gasteiger partial charge in [-0.05, 0) is 56.5 Å². The topological polar surface area (TPSA) is 105 Å². The zero-order chi connectivity index (χ0) is 26.1. The molecule has 0 bridgehead atoms. The van der Waals surface area contributed by atoms with Crippen molar-refractivity contribution in [1.29, 1.82) is 0 Å². The summed E-state index contributed by atoms with van der Waals surface area (Å²) in [5.41, 5.74) is 4.27. The second-order valence-corrected chi connectivity index (χ2v) is 12.1. The minimum absolute atomic E-state index is 0.197. The van der Waals surface area contributed by atoms with Crippen LogP contribution in [0.15, 0.2) is 40.9 Å². The average Bonchev–Trinajstić information content (AvgIpc) is 3.59. The van der Waals surface area contributed by atoms with Crippen LogP contribution in [0.3, 0.4) is 0 Å². The maximum absolute atomic E-state index is 14.1. The van der Waals surface area contributed by atoms with Crippen molar-refractivity contribution in [2.75, 3.05) is 16.4 Å². The van der Waals surface area contributed by atoms with Gasteiger partial charge in [-0.25, -0.2) is 13.8 Å². The second kappa shape index (κ2) is 8.64. The number of hydrogen-bond donors (Lipinski definition) is 2. The number of imidazole rings is 1. The van der Waals surface area contributed by atoms with E-state index in [-0.39, 0.29) is 29.8 Å². The molecule has 2 fully saturated rings. The summed E-state index contributed by atoms with van der Waals surface area (Å²) in [6.07, 6.45) is 1.23. The van der Waals surface area contributed by atoms with Gasteiger partial charge in [-0.15, -0.1) is 0 Å². The van der Waals surface area contributed by atoms with Gasteiger partial charge in [0.2, 0.25) is 5.91 Å². The van der Waals surface area contributed by atoms with E-state index in [0.717, 1.165) is 34.5 Å². The predicted molar refractivity (Wildman–Crippen MR) is 137 cm³/mol. The van der Waals surface area contributed by atoms with Gasteiger partial charge in [-0.1, -0.05) is 11.2 Å². The molecule has 4 aromatic rings. The van der Waals surface area contributed by atoms with Gasteiger partial charge in [0.1, 0.15) is 11.6 Å². The molecule has 1 amide bonds. The number of nitrogens with zero attached hydrogens (tertiary/aromatic N) is 4. The quantitative estimate of drug-likeness (QED) is 0.329. The van der Waals surface area contributed by atoms with Crippen LogP contribution in [-0.2, 0) is 4.79 Å². The predicted octanol–water partition coefficient (Wildman–Crippen LogP) is 6.15. The number of hydrogen-bond acceptors (Lipinski definition) is 6. The van der Waals surface area contributed by atoms with Gasteiger partial charge in [0, 0.05) is 29.5 Å². The van der Waals surface area contributed by atoms with Gasteiger partial charge in [0.25, 0.3) is 0 Å². The van der Waals surface area contributed by atoms with Crippen LogP contribution in [0.1, 0.15) is 48.6 Å². The smallest absolute Gasteiger partial charge is 0.227 e. The maximum atomic E-state index is 14.1. The Hall–Kier alpha value is -3.28. The Balaban J connectivity index is 1.52. The Kier molecular flexibility index (Phi) is 5.62. The molecular formula is C26H26F2N4O4S. The zero-order valence-corrected chi connectivity index (χ0v) is 21.1. The molecule has 4 heterocycles. The summed E-state index contributed by atoms with van der Waals surface area (Å²) in [7, 11) is -2.71. The van der Waals surface area contributed by atoms with Crippen molar-refractivity contribution in [3.8, 4) is 11.1 Å². The average molecular weight is 529 g/mol. The van der Waals surface area contributed by atoms with Crippen LogP contribution in [0.2, 0.25) is 0 Å². The molecule has 0 aliphatic carbocycles. The molecule has 8 nitrogen and oxygen atoms in total. The highest BCUT2D eigenvalue weighted by molar-refractivity contribution is 8.24. The number of anilines is 1. The number of amides is 1. The van der Waals surface area contributed by atoms with Gasteiger partial charge in [-0.2, -0.15) is 10.6 Å². The summed E-state index contributed by atoms with van der Waals surface area (Å²) in [5, 5.41) is 4.05. The van der Waals surface area contributed by atoms with E-state index in [4.69, 9.17) is 9.51 Å². The molecule has 2 aromatic heterocycles. The largest absolute Gasteiger partial charge is 0.361 e. The Morgan fingerprint density at radius 2 is 1.89 bits per heavy atom. The highest BCUT2D eigenvalue weighted by Gasteiger charge is 2.40. The molecule has 2 aromatic carbocycles. The van der Waals surface area contributed by atoms with Gasteiger partial charge < -0.3 is 14.0 Å². The number of aryl methyl sites for hydroxylation is 2. The number of benzene rings is 2. The monoisotopic (exact) mass is 528 g/mol. The Morgan fingerprint density at radius 1 is 1.08 bits per heavy atom. The molecular weight excluding hydrogens is 502 g/mol. The highest BCUT2D eigenvalue weighted by atomic mass is 32.3. The van der Waals surface area contributed by atoms with Crippen LogP contribution in [-0.4, -0.2) is 41.2 Å². The molecule has 2 aliphatic heterocycles. The first-order valence-electron chi connectivity index (χ1n) is 12.1. The van der Waals surface area contributed by atoms with Crippen molar-refractivity contribution in [3.63, 3.8) is 0 Å². The van der Waals surface area contributed by atoms with Crippen LogP contribution in [0.5, 0.6) is 0 Å². The highest BCUT2D eigenvalue weighted by Crippen LogP contribution is 2.52. The van der Waals surface area contributed by atoms with Crippen LogP contribution in [0.25, 0.3) is 22.2 Å². The summed E-state index contributed by atoms with van der Waals surface area (Å²) in [4.78, 5) is 19.4. The fourth-order valence-electron chi connectivity index (χ4n) is 5.68. The standard InChI is InChI=1S/C26H26F2N4O4S/c1-14-25(15(2)36-30-14)16-3-6-22-21(11-16)29-26(32(22)18-9-10-37(34,35)13-18)23-7-8-24(33)31(23)17-4-5-19(27)20(28)12-17/h3-6,11-12,18,23,34-35H,7-10,13H2,1-2H3/t18-,23-/m0/s1. The van der Waals surface area contributed by atoms with Crippen molar-refractivity contribution >= 4 is 33.2 Å². The van der Waals surface area contributed by atoms with Crippen LogP contribution in [0.4, 0.5) is 14.5 Å². The van der Waals surface area contributed by atoms with Crippen molar-refractivity contribution in [2.24, 2.45) is 0 Å². The number of halogens is 2. The van der Waals surface area contributed by atoms with E-state index in [1.54, 1.807) is 0 Å². The van der Waals surface area contributed by atoms with E-state index in [2.05, 4.69) is 5.16 Å². The molecule has 11 heteroatoms. The van der Waals surface area contributed by atoms with Crippen molar-refractivity contribution in [3.05, 3.63) is 65.3 Å². The van der Waals surface area contributed by atoms with Gasteiger partial charge in [0.15, 0.2) is 11.6 Å². The molecule has 2 N–H and O–H groups in total. The third kappa shape index (κ3) is 4.01. The van der Waals surface area contributed by atoms with E-state index in [1.165, 1.54) is 11.0 Å². The van der Waals surface area contributed by atoms with E-state index in [0.29, 0.717) is 35.7 Å². The van der Waals surface area contributed by atoms with Crippen LogP contribution < -0.4 is 4.90 Å². The molecule has 0 radical (unpaired) electrons. The Morgan fingerprint density at radius 3 is 2.57 bits per heavy atom. The molecule has 0 unspecified atom stereocenters. The number of aromatic nitrogens is 3. The third-order valence-electron chi connectivity index (χ3n) is 7.33. The zero-order valence-electron chi connectivity index (χ0n) is 20.3. The van der Waals surface area contributed by atoms with Crippen molar-refractivity contribution < 1.29 is 27.2 Å². The third-order valence-corrected chi connectivity index (χ3v) is 9.14. The first-order chi connectivity index (χ1) is 17.6. The lowest BCUT2D eigenvalue weighted by Crippen LogP contribution is -2.30. The van der Waals surface area contributed by atoms with Crippen LogP contribution >= 0.6 is 10.6 Å². The number of fused-ring (bicyclic) bond motifs is 1. The SMILES string of the molecule is Cc1noc(C)c1-c1ccc2c(c1)nc([C@@H]1CCC(=O)N1c1ccc(F)c(F)c1)n2[C@H]1CCS(O)(O)C1. The summed E-state index contributed by atoms with van der Waals surface area (Å²) in [5.74, 6) is -0.453. The van der Waals surface area contributed by atoms with Crippen molar-refractivity contribution in [1.82, 2.24) is 14.7 Å². The molecule has 2 aliphatic rings. The van der Waals surface area contributed by atoms with Crippen LogP contribution in [0, 0.1) is 25.5 Å². The fourth-order valence-corrected chi connectivity index (χ4v) is 7.43. The Bertz CT molecular complexity index is 1530. The van der Waals surface area contributed by atoms with E-state index < -0.39 is 28.3 Å². The molecule has 0 spiro atoms. The lowest BCUT2D eigenvalue weighted by molar-refractivity contribution is -0.117. The number of carbonyl (C=O) groups is 1. The van der Waals surface area contributed by atoms with Gasteiger partial charge in [0.05, 0.1) is 34.6 Å². The minimum atomic E-state index is -2.71. The normalized spacial score (nSPS) is 22.3. The lowest BCUT2D eigenvalue weighted by Gasteiger charge is -2.29. The van der Waals surface area contributed by atoms with E-state index in [1.807, 2.05) is 36.6 Å². The summed E-state index contributed by atoms with van der Waals surface area (Å²) < 4.78 is 55.9. The fraction of sp³-hybridized carbons (Fsp3) is 0.346. The second-order valence-electron chi connectivity index (χ2n) is 9.77. The number of rotatable bonds is 4. The molecule has 194 valence electrons. The molecule has 2 saturated heterocycles. The van der Waals surface area contributed by atoms with E-state index >= 15 is 0 Å². The van der Waals surface area contributed by atoms with Gasteiger partial charge in [-0.3, -0.25) is 13.9 Å². The summed E-state index contributed by atoms with van der Waals surface area (Å²) in [6, 6.07) is 8.52. The van der Waals surface area contributed by atoms with Crippen molar-refractivity contribution in [2.45, 2.75) is 45.2 Å². The molecule has 2 atom stereocenters. The molecule has 6 rings (SSSR count). The summed E-state index contributed by atoms with van der Waals surface area (Å²) >= 11 is 0. The van der Waals surface area contributed by atoms with E-state index in [9.17, 15) is 22.7 Å². The van der Waals surface area contributed by atoms with Gasteiger partial charge >= 0.3 is 0 Å². The maximum Gasteiger partial charge on any atom is 0.227 e. The molecule has 37 heavy (non-hydrogen) atoms.